The standard InChI is InChI=1S/C19H22N4O4/c1-5-26-19(27-6-2)18(11-21)15(17(18,10-20)16(22)23-19)12-8-7-9-13(24-3)14(12)25-4/h7-9,15H,5-6H2,1-4H3,(H2,22,23)/t15-,17-,18-/m0/s1. The number of amidine groups is 1. The van der Waals surface area contributed by atoms with E-state index in [1.807, 2.05) is 0 Å². The van der Waals surface area contributed by atoms with Crippen LogP contribution in [0.3, 0.4) is 0 Å². The Morgan fingerprint density at radius 2 is 1.78 bits per heavy atom. The van der Waals surface area contributed by atoms with E-state index in [0.717, 1.165) is 0 Å². The fraction of sp³-hybridized carbons (Fsp3) is 0.526. The second kappa shape index (κ2) is 6.41. The second-order valence-corrected chi connectivity index (χ2v) is 6.30. The molecule has 1 heterocycles. The number of hydrogen-bond donors (Lipinski definition) is 1. The molecule has 0 bridgehead atoms. The molecule has 8 nitrogen and oxygen atoms in total. The molecule has 1 aliphatic heterocycles. The third kappa shape index (κ3) is 2.00. The summed E-state index contributed by atoms with van der Waals surface area (Å²) in [7, 11) is 3.03. The summed E-state index contributed by atoms with van der Waals surface area (Å²) in [5.74, 6) is -1.32. The van der Waals surface area contributed by atoms with Crippen LogP contribution in [0.4, 0.5) is 0 Å². The quantitative estimate of drug-likeness (QED) is 0.727. The molecular weight excluding hydrogens is 348 g/mol. The summed E-state index contributed by atoms with van der Waals surface area (Å²) in [5, 5.41) is 20.3. The van der Waals surface area contributed by atoms with Gasteiger partial charge >= 0.3 is 0 Å². The molecule has 0 unspecified atom stereocenters. The maximum atomic E-state index is 10.2. The van der Waals surface area contributed by atoms with Gasteiger partial charge < -0.3 is 24.7 Å². The molecule has 1 fully saturated rings. The maximum absolute atomic E-state index is 10.2. The first-order valence-corrected chi connectivity index (χ1v) is 8.67. The highest BCUT2D eigenvalue weighted by Gasteiger charge is 2.94. The van der Waals surface area contributed by atoms with Crippen LogP contribution >= 0.6 is 0 Å². The van der Waals surface area contributed by atoms with Crippen LogP contribution in [0.1, 0.15) is 25.3 Å². The van der Waals surface area contributed by atoms with E-state index in [1.54, 1.807) is 32.0 Å². The molecule has 1 saturated carbocycles. The molecule has 0 saturated heterocycles. The fourth-order valence-corrected chi connectivity index (χ4v) is 4.36. The molecule has 2 aliphatic rings. The Kier molecular flexibility index (Phi) is 4.51. The highest BCUT2D eigenvalue weighted by Crippen LogP contribution is 2.82. The second-order valence-electron chi connectivity index (χ2n) is 6.30. The number of benzene rings is 1. The largest absolute Gasteiger partial charge is 0.493 e. The molecule has 1 aliphatic carbocycles. The first-order valence-electron chi connectivity index (χ1n) is 8.67. The highest BCUT2D eigenvalue weighted by atomic mass is 16.7. The molecule has 27 heavy (non-hydrogen) atoms. The Bertz CT molecular complexity index is 865. The fourth-order valence-electron chi connectivity index (χ4n) is 4.36. The summed E-state index contributed by atoms with van der Waals surface area (Å²) in [6.07, 6.45) is 0. The Hall–Kier alpha value is -2.81. The van der Waals surface area contributed by atoms with E-state index in [4.69, 9.17) is 24.7 Å². The number of aliphatic imine (C=N–C) groups is 1. The zero-order valence-corrected chi connectivity index (χ0v) is 15.8. The zero-order chi connectivity index (χ0) is 19.9. The molecule has 1 aromatic rings. The number of nitriles is 2. The van der Waals surface area contributed by atoms with Gasteiger partial charge in [0.05, 0.1) is 26.4 Å². The predicted octanol–water partition coefficient (Wildman–Crippen LogP) is 1.92. The number of rotatable bonds is 7. The highest BCUT2D eigenvalue weighted by molar-refractivity contribution is 6.00. The lowest BCUT2D eigenvalue weighted by molar-refractivity contribution is -0.255. The molecule has 8 heteroatoms. The van der Waals surface area contributed by atoms with E-state index < -0.39 is 22.7 Å². The lowest BCUT2D eigenvalue weighted by atomic mass is 9.93. The van der Waals surface area contributed by atoms with Crippen molar-refractivity contribution in [3.8, 4) is 23.6 Å². The topological polar surface area (TPSA) is 123 Å². The number of methoxy groups -OCH3 is 2. The summed E-state index contributed by atoms with van der Waals surface area (Å²) >= 11 is 0. The summed E-state index contributed by atoms with van der Waals surface area (Å²) < 4.78 is 22.5. The van der Waals surface area contributed by atoms with Crippen molar-refractivity contribution >= 4 is 5.84 Å². The first kappa shape index (κ1) is 19.0. The van der Waals surface area contributed by atoms with Crippen molar-refractivity contribution < 1.29 is 18.9 Å². The number of nitrogens with zero attached hydrogens (tertiary/aromatic N) is 3. The van der Waals surface area contributed by atoms with Gasteiger partial charge in [0.25, 0.3) is 5.91 Å². The third-order valence-corrected chi connectivity index (χ3v) is 5.35. The van der Waals surface area contributed by atoms with Crippen molar-refractivity contribution in [1.82, 2.24) is 0 Å². The van der Waals surface area contributed by atoms with Gasteiger partial charge in [-0.25, -0.2) is 4.99 Å². The predicted molar refractivity (Wildman–Crippen MR) is 96.0 cm³/mol. The van der Waals surface area contributed by atoms with Gasteiger partial charge in [0.1, 0.15) is 11.3 Å². The van der Waals surface area contributed by atoms with Gasteiger partial charge in [0.15, 0.2) is 16.9 Å². The summed E-state index contributed by atoms with van der Waals surface area (Å²) in [4.78, 5) is 4.32. The van der Waals surface area contributed by atoms with E-state index in [-0.39, 0.29) is 19.0 Å². The molecule has 2 N–H and O–H groups in total. The van der Waals surface area contributed by atoms with Crippen LogP contribution in [0.5, 0.6) is 11.5 Å². The third-order valence-electron chi connectivity index (χ3n) is 5.35. The SMILES string of the molecule is CCOC1(OCC)N=C(N)[C@]2(C#N)[C@H](c3cccc(OC)c3OC)[C@]12C#N. The van der Waals surface area contributed by atoms with Crippen molar-refractivity contribution in [2.45, 2.75) is 25.7 Å². The molecule has 1 aromatic carbocycles. The van der Waals surface area contributed by atoms with Gasteiger partial charge in [-0.15, -0.1) is 0 Å². The van der Waals surface area contributed by atoms with Crippen molar-refractivity contribution in [3.05, 3.63) is 23.8 Å². The molecule has 0 aromatic heterocycles. The van der Waals surface area contributed by atoms with Gasteiger partial charge in [-0.05, 0) is 19.9 Å². The van der Waals surface area contributed by atoms with Crippen molar-refractivity contribution in [2.24, 2.45) is 21.6 Å². The van der Waals surface area contributed by atoms with Crippen molar-refractivity contribution in [3.63, 3.8) is 0 Å². The van der Waals surface area contributed by atoms with Crippen LogP contribution in [-0.4, -0.2) is 39.2 Å². The van der Waals surface area contributed by atoms with Gasteiger partial charge in [-0.1, -0.05) is 12.1 Å². The van der Waals surface area contributed by atoms with E-state index in [9.17, 15) is 10.5 Å². The number of nitrogens with two attached hydrogens (primary N) is 1. The molecular formula is C19H22N4O4. The number of fused-ring (bicyclic) bond motifs is 1. The van der Waals surface area contributed by atoms with Crippen LogP contribution in [0.25, 0.3) is 0 Å². The van der Waals surface area contributed by atoms with Crippen LogP contribution in [0, 0.1) is 33.5 Å². The van der Waals surface area contributed by atoms with Crippen molar-refractivity contribution in [2.75, 3.05) is 27.4 Å². The Morgan fingerprint density at radius 1 is 1.11 bits per heavy atom. The minimum Gasteiger partial charge on any atom is -0.493 e. The lowest BCUT2D eigenvalue weighted by Crippen LogP contribution is -2.43. The van der Waals surface area contributed by atoms with Crippen LogP contribution in [0.15, 0.2) is 23.2 Å². The van der Waals surface area contributed by atoms with Crippen LogP contribution in [-0.2, 0) is 9.47 Å². The first-order chi connectivity index (χ1) is 13.0. The Labute approximate surface area is 158 Å². The summed E-state index contributed by atoms with van der Waals surface area (Å²) in [6.45, 7) is 4.02. The summed E-state index contributed by atoms with van der Waals surface area (Å²) in [6, 6.07) is 9.81. The Balaban J connectivity index is 2.28. The molecule has 0 amide bonds. The minimum absolute atomic E-state index is 0.0309. The van der Waals surface area contributed by atoms with E-state index in [2.05, 4.69) is 17.1 Å². The van der Waals surface area contributed by atoms with E-state index >= 15 is 0 Å². The lowest BCUT2D eigenvalue weighted by Gasteiger charge is -2.32. The monoisotopic (exact) mass is 370 g/mol. The molecule has 142 valence electrons. The van der Waals surface area contributed by atoms with E-state index in [0.29, 0.717) is 17.1 Å². The molecule has 3 rings (SSSR count). The molecule has 0 spiro atoms. The smallest absolute Gasteiger partial charge is 0.293 e. The van der Waals surface area contributed by atoms with Crippen LogP contribution in [0.2, 0.25) is 0 Å². The van der Waals surface area contributed by atoms with Gasteiger partial charge in [-0.3, -0.25) is 0 Å². The average Bonchev–Trinajstić information content (AvgIpc) is 3.26. The Morgan fingerprint density at radius 3 is 2.26 bits per heavy atom. The van der Waals surface area contributed by atoms with E-state index in [1.165, 1.54) is 14.2 Å². The molecule has 3 atom stereocenters. The van der Waals surface area contributed by atoms with Crippen molar-refractivity contribution in [1.29, 1.82) is 10.5 Å². The van der Waals surface area contributed by atoms with Crippen LogP contribution < -0.4 is 15.2 Å². The van der Waals surface area contributed by atoms with Gasteiger partial charge in [-0.2, -0.15) is 10.5 Å². The zero-order valence-electron chi connectivity index (χ0n) is 15.8. The minimum atomic E-state index is -1.65. The summed E-state index contributed by atoms with van der Waals surface area (Å²) in [5.41, 5.74) is 4.03. The number of ether oxygens (including phenoxy) is 4. The number of hydrogen-bond acceptors (Lipinski definition) is 8. The normalized spacial score (nSPS) is 29.9. The van der Waals surface area contributed by atoms with Gasteiger partial charge in [0.2, 0.25) is 0 Å². The number of para-hydroxylation sites is 1. The maximum Gasteiger partial charge on any atom is 0.293 e. The average molecular weight is 370 g/mol. The molecule has 0 radical (unpaired) electrons. The van der Waals surface area contributed by atoms with Gasteiger partial charge in [0, 0.05) is 24.7 Å².